The lowest BCUT2D eigenvalue weighted by Gasteiger charge is -2.47. The van der Waals surface area contributed by atoms with Crippen LogP contribution in [0.5, 0.6) is 0 Å². The van der Waals surface area contributed by atoms with Crippen LogP contribution in [0.25, 0.3) is 0 Å². The Bertz CT molecular complexity index is 227. The maximum atomic E-state index is 2.49. The van der Waals surface area contributed by atoms with Crippen LogP contribution < -0.4 is 0 Å². The van der Waals surface area contributed by atoms with Crippen LogP contribution in [-0.4, -0.2) is 8.07 Å². The van der Waals surface area contributed by atoms with Crippen molar-refractivity contribution in [2.75, 3.05) is 0 Å². The fraction of sp³-hybridized carbons (Fsp3) is 1.00. The third-order valence-corrected chi connectivity index (χ3v) is 14.7. The summed E-state index contributed by atoms with van der Waals surface area (Å²) in [7, 11) is -0.996. The highest BCUT2D eigenvalue weighted by Crippen LogP contribution is 2.60. The largest absolute Gasteiger partial charge is 0.0656 e. The van der Waals surface area contributed by atoms with Crippen molar-refractivity contribution in [2.45, 2.75) is 113 Å². The van der Waals surface area contributed by atoms with Gasteiger partial charge in [0.15, 0.2) is 0 Å². The molecule has 0 unspecified atom stereocenters. The molecule has 0 nitrogen and oxygen atoms in total. The first-order valence-electron chi connectivity index (χ1n) is 9.38. The van der Waals surface area contributed by atoms with Gasteiger partial charge in [0.05, 0.1) is 8.07 Å². The minimum absolute atomic E-state index is 0.996. The first-order chi connectivity index (χ1) is 9.38. The molecule has 0 saturated heterocycles. The van der Waals surface area contributed by atoms with E-state index in [1.165, 1.54) is 23.0 Å². The van der Waals surface area contributed by atoms with Crippen LogP contribution in [0.3, 0.4) is 0 Å². The molecule has 0 atom stereocenters. The summed E-state index contributed by atoms with van der Waals surface area (Å²) in [6.45, 7) is 2.49. The van der Waals surface area contributed by atoms with E-state index < -0.39 is 8.07 Å². The van der Waals surface area contributed by atoms with Crippen LogP contribution in [0, 0.1) is 0 Å². The fourth-order valence-electron chi connectivity index (χ4n) is 6.44. The lowest BCUT2D eigenvalue weighted by molar-refractivity contribution is 0.659. The van der Waals surface area contributed by atoms with Crippen molar-refractivity contribution >= 4 is 8.07 Å². The van der Waals surface area contributed by atoms with Crippen LogP contribution >= 0.6 is 0 Å². The molecule has 1 heteroatoms. The Kier molecular flexibility index (Phi) is 4.72. The van der Waals surface area contributed by atoms with Gasteiger partial charge in [0.25, 0.3) is 0 Å². The summed E-state index contributed by atoms with van der Waals surface area (Å²) >= 11 is 0. The third-order valence-electron chi connectivity index (χ3n) is 7.03. The molecule has 3 aliphatic rings. The molecule has 0 heterocycles. The maximum Gasteiger partial charge on any atom is 0.0629 e. The summed E-state index contributed by atoms with van der Waals surface area (Å²) in [6, 6.07) is 1.70. The molecule has 3 rings (SSSR count). The summed E-state index contributed by atoms with van der Waals surface area (Å²) in [5.41, 5.74) is 3.75. The standard InChI is InChI=1S/C18H34Si/c1-2-15-19(16-9-3-4-10-16,17-11-5-6-12-17)18-13-7-8-14-18/h16-18H,2-15H2,1H3. The van der Waals surface area contributed by atoms with E-state index in [4.69, 9.17) is 0 Å². The molecule has 3 saturated carbocycles. The molecule has 3 fully saturated rings. The zero-order chi connectivity index (χ0) is 13.1. The summed E-state index contributed by atoms with van der Waals surface area (Å²) in [4.78, 5) is 0. The molecule has 0 radical (unpaired) electrons. The van der Waals surface area contributed by atoms with E-state index in [0.717, 1.165) is 0 Å². The van der Waals surface area contributed by atoms with E-state index in [-0.39, 0.29) is 0 Å². The highest BCUT2D eigenvalue weighted by atomic mass is 28.3. The summed E-state index contributed by atoms with van der Waals surface area (Å²) in [5.74, 6) is 0. The predicted octanol–water partition coefficient (Wildman–Crippen LogP) is 6.68. The maximum absolute atomic E-state index is 2.49. The molecule has 0 aromatic heterocycles. The van der Waals surface area contributed by atoms with Crippen LogP contribution in [0.1, 0.15) is 90.4 Å². The second-order valence-electron chi connectivity index (χ2n) is 7.81. The Morgan fingerprint density at radius 3 is 1.21 bits per heavy atom. The van der Waals surface area contributed by atoms with E-state index in [2.05, 4.69) is 6.92 Å². The van der Waals surface area contributed by atoms with Crippen LogP contribution in [0.15, 0.2) is 0 Å². The highest BCUT2D eigenvalue weighted by Gasteiger charge is 2.52. The monoisotopic (exact) mass is 278 g/mol. The minimum Gasteiger partial charge on any atom is -0.0656 e. The number of hydrogen-bond acceptors (Lipinski definition) is 0. The van der Waals surface area contributed by atoms with E-state index in [0.29, 0.717) is 0 Å². The Labute approximate surface area is 121 Å². The number of rotatable bonds is 5. The van der Waals surface area contributed by atoms with E-state index in [9.17, 15) is 0 Å². The summed E-state index contributed by atoms with van der Waals surface area (Å²) < 4.78 is 0. The Balaban J connectivity index is 1.88. The molecule has 0 spiro atoms. The average Bonchev–Trinajstić information content (AvgIpc) is 3.18. The van der Waals surface area contributed by atoms with Crippen molar-refractivity contribution < 1.29 is 0 Å². The van der Waals surface area contributed by atoms with Gasteiger partial charge >= 0.3 is 0 Å². The van der Waals surface area contributed by atoms with Gasteiger partial charge in [-0.1, -0.05) is 96.4 Å². The molecule has 0 bridgehead atoms. The van der Waals surface area contributed by atoms with Crippen molar-refractivity contribution in [3.63, 3.8) is 0 Å². The third kappa shape index (κ3) is 2.57. The van der Waals surface area contributed by atoms with Gasteiger partial charge in [-0.05, 0) is 16.6 Å². The predicted molar refractivity (Wildman–Crippen MR) is 87.5 cm³/mol. The van der Waals surface area contributed by atoms with E-state index in [1.54, 1.807) is 83.1 Å². The molecule has 0 aromatic carbocycles. The van der Waals surface area contributed by atoms with Crippen LogP contribution in [0.2, 0.25) is 22.7 Å². The van der Waals surface area contributed by atoms with Gasteiger partial charge in [-0.3, -0.25) is 0 Å². The Morgan fingerprint density at radius 1 is 0.632 bits per heavy atom. The average molecular weight is 279 g/mol. The van der Waals surface area contributed by atoms with Crippen molar-refractivity contribution in [3.8, 4) is 0 Å². The lowest BCUT2D eigenvalue weighted by atomic mass is 10.3. The molecule has 0 aliphatic heterocycles. The molecular weight excluding hydrogens is 244 g/mol. The second kappa shape index (κ2) is 6.33. The molecule has 0 amide bonds. The molecule has 19 heavy (non-hydrogen) atoms. The second-order valence-corrected chi connectivity index (χ2v) is 13.0. The van der Waals surface area contributed by atoms with Crippen molar-refractivity contribution in [2.24, 2.45) is 0 Å². The number of hydrogen-bond donors (Lipinski definition) is 0. The van der Waals surface area contributed by atoms with E-state index >= 15 is 0 Å². The molecule has 0 aromatic rings. The van der Waals surface area contributed by atoms with Gasteiger partial charge in [-0.25, -0.2) is 0 Å². The highest BCUT2D eigenvalue weighted by molar-refractivity contribution is 6.84. The van der Waals surface area contributed by atoms with Gasteiger partial charge in [-0.2, -0.15) is 0 Å². The minimum atomic E-state index is -0.996. The van der Waals surface area contributed by atoms with Crippen molar-refractivity contribution in [1.29, 1.82) is 0 Å². The zero-order valence-electron chi connectivity index (χ0n) is 13.1. The Hall–Kier alpha value is 0.217. The molecular formula is C18H34Si. The smallest absolute Gasteiger partial charge is 0.0629 e. The van der Waals surface area contributed by atoms with E-state index in [1.807, 2.05) is 0 Å². The van der Waals surface area contributed by atoms with Gasteiger partial charge < -0.3 is 0 Å². The molecule has 110 valence electrons. The summed E-state index contributed by atoms with van der Waals surface area (Å²) in [6.07, 6.45) is 20.8. The topological polar surface area (TPSA) is 0 Å². The SMILES string of the molecule is CCC[Si](C1CCCC1)(C1CCCC1)C1CCCC1. The van der Waals surface area contributed by atoms with Crippen molar-refractivity contribution in [3.05, 3.63) is 0 Å². The van der Waals surface area contributed by atoms with Gasteiger partial charge in [0.1, 0.15) is 0 Å². The van der Waals surface area contributed by atoms with Crippen LogP contribution in [0.4, 0.5) is 0 Å². The van der Waals surface area contributed by atoms with Crippen molar-refractivity contribution in [1.82, 2.24) is 0 Å². The normalized spacial score (nSPS) is 27.6. The fourth-order valence-corrected chi connectivity index (χ4v) is 15.0. The molecule has 0 N–H and O–H groups in total. The van der Waals surface area contributed by atoms with Crippen LogP contribution in [-0.2, 0) is 0 Å². The Morgan fingerprint density at radius 2 is 0.947 bits per heavy atom. The molecule has 3 aliphatic carbocycles. The zero-order valence-corrected chi connectivity index (χ0v) is 14.1. The first kappa shape index (κ1) is 14.2. The first-order valence-corrected chi connectivity index (χ1v) is 11.8. The quantitative estimate of drug-likeness (QED) is 0.492. The van der Waals surface area contributed by atoms with Gasteiger partial charge in [0.2, 0.25) is 0 Å². The summed E-state index contributed by atoms with van der Waals surface area (Å²) in [5, 5.41) is 0. The lowest BCUT2D eigenvalue weighted by Crippen LogP contribution is -2.47. The van der Waals surface area contributed by atoms with Gasteiger partial charge in [-0.15, -0.1) is 0 Å². The van der Waals surface area contributed by atoms with Gasteiger partial charge in [0, 0.05) is 0 Å².